The number of fused-ring (bicyclic) bond motifs is 1. The summed E-state index contributed by atoms with van der Waals surface area (Å²) in [6, 6.07) is 36.0. The number of hydrogen-bond donors (Lipinski definition) is 1. The van der Waals surface area contributed by atoms with E-state index in [2.05, 4.69) is 66.5 Å². The Labute approximate surface area is 209 Å². The van der Waals surface area contributed by atoms with Crippen molar-refractivity contribution in [3.63, 3.8) is 0 Å². The molecule has 2 heterocycles. The number of aromatic hydroxyl groups is 1. The number of aromatic nitrogens is 2. The Morgan fingerprint density at radius 3 is 2.33 bits per heavy atom. The van der Waals surface area contributed by atoms with E-state index in [0.717, 1.165) is 33.5 Å². The Balaban J connectivity index is 1.59. The lowest BCUT2D eigenvalue weighted by Crippen LogP contribution is -2.00. The highest BCUT2D eigenvalue weighted by Gasteiger charge is 2.22. The van der Waals surface area contributed by atoms with Crippen molar-refractivity contribution in [3.8, 4) is 39.6 Å². The standard InChI is InChI=1S/C32H24N2O2/c1-21(22-10-3-2-4-11-22)25-17-18-29-31(34-32(36-29)26-14-5-6-16-28(26)35)30(25)24-13-9-12-23(20-24)27-15-7-8-19-33-27/h2-21,35H,1H3. The third-order valence-electron chi connectivity index (χ3n) is 6.61. The molecular weight excluding hydrogens is 444 g/mol. The predicted octanol–water partition coefficient (Wildman–Crippen LogP) is 8.08. The Kier molecular flexibility index (Phi) is 5.55. The molecule has 4 heteroatoms. The van der Waals surface area contributed by atoms with Crippen LogP contribution in [0.4, 0.5) is 0 Å². The van der Waals surface area contributed by atoms with Gasteiger partial charge in [-0.1, -0.05) is 79.7 Å². The fraction of sp³-hybridized carbons (Fsp3) is 0.0625. The van der Waals surface area contributed by atoms with Crippen molar-refractivity contribution < 1.29 is 9.52 Å². The first-order valence-electron chi connectivity index (χ1n) is 12.0. The molecule has 6 rings (SSSR count). The minimum atomic E-state index is 0.134. The highest BCUT2D eigenvalue weighted by molar-refractivity contribution is 5.95. The van der Waals surface area contributed by atoms with Crippen LogP contribution in [0.2, 0.25) is 0 Å². The van der Waals surface area contributed by atoms with Gasteiger partial charge in [-0.25, -0.2) is 4.98 Å². The van der Waals surface area contributed by atoms with Crippen molar-refractivity contribution in [1.29, 1.82) is 0 Å². The van der Waals surface area contributed by atoms with Crippen molar-refractivity contribution >= 4 is 11.1 Å². The Bertz CT molecular complexity index is 1660. The largest absolute Gasteiger partial charge is 0.507 e. The fourth-order valence-electron chi connectivity index (χ4n) is 4.73. The zero-order valence-corrected chi connectivity index (χ0v) is 19.8. The van der Waals surface area contributed by atoms with Gasteiger partial charge in [0.15, 0.2) is 5.58 Å². The second kappa shape index (κ2) is 9.16. The molecule has 4 nitrogen and oxygen atoms in total. The van der Waals surface area contributed by atoms with E-state index < -0.39 is 0 Å². The smallest absolute Gasteiger partial charge is 0.231 e. The summed E-state index contributed by atoms with van der Waals surface area (Å²) in [7, 11) is 0. The fourth-order valence-corrected chi connectivity index (χ4v) is 4.73. The van der Waals surface area contributed by atoms with E-state index >= 15 is 0 Å². The van der Waals surface area contributed by atoms with Crippen molar-refractivity contribution in [3.05, 3.63) is 127 Å². The van der Waals surface area contributed by atoms with Crippen LogP contribution < -0.4 is 0 Å². The number of nitrogens with zero attached hydrogens (tertiary/aromatic N) is 2. The van der Waals surface area contributed by atoms with Gasteiger partial charge in [0.25, 0.3) is 0 Å². The van der Waals surface area contributed by atoms with Crippen molar-refractivity contribution in [2.75, 3.05) is 0 Å². The van der Waals surface area contributed by atoms with Crippen LogP contribution in [0.3, 0.4) is 0 Å². The summed E-state index contributed by atoms with van der Waals surface area (Å²) in [5, 5.41) is 10.4. The van der Waals surface area contributed by atoms with Crippen LogP contribution in [0.5, 0.6) is 5.75 Å². The van der Waals surface area contributed by atoms with Crippen LogP contribution in [0, 0.1) is 0 Å². The summed E-state index contributed by atoms with van der Waals surface area (Å²) in [6.45, 7) is 2.21. The molecule has 0 bridgehead atoms. The molecule has 6 aromatic rings. The van der Waals surface area contributed by atoms with Crippen LogP contribution in [-0.4, -0.2) is 15.1 Å². The lowest BCUT2D eigenvalue weighted by Gasteiger charge is -2.18. The monoisotopic (exact) mass is 468 g/mol. The first kappa shape index (κ1) is 21.8. The zero-order chi connectivity index (χ0) is 24.5. The van der Waals surface area contributed by atoms with Gasteiger partial charge in [-0.05, 0) is 53.1 Å². The van der Waals surface area contributed by atoms with Gasteiger partial charge >= 0.3 is 0 Å². The van der Waals surface area contributed by atoms with Gasteiger partial charge < -0.3 is 9.52 Å². The van der Waals surface area contributed by atoms with Crippen molar-refractivity contribution in [2.45, 2.75) is 12.8 Å². The molecule has 0 fully saturated rings. The van der Waals surface area contributed by atoms with Crippen LogP contribution in [0.15, 0.2) is 120 Å². The lowest BCUT2D eigenvalue weighted by molar-refractivity contribution is 0.474. The van der Waals surface area contributed by atoms with E-state index in [9.17, 15) is 5.11 Å². The van der Waals surface area contributed by atoms with Gasteiger partial charge in [0.2, 0.25) is 5.89 Å². The van der Waals surface area contributed by atoms with Gasteiger partial charge in [0.1, 0.15) is 11.3 Å². The minimum Gasteiger partial charge on any atom is -0.507 e. The zero-order valence-electron chi connectivity index (χ0n) is 19.8. The number of pyridine rings is 1. The summed E-state index contributed by atoms with van der Waals surface area (Å²) in [4.78, 5) is 9.46. The van der Waals surface area contributed by atoms with Crippen LogP contribution in [0.1, 0.15) is 24.0 Å². The maximum absolute atomic E-state index is 10.4. The molecule has 2 aromatic heterocycles. The van der Waals surface area contributed by atoms with Crippen molar-refractivity contribution in [1.82, 2.24) is 9.97 Å². The van der Waals surface area contributed by atoms with Crippen LogP contribution >= 0.6 is 0 Å². The topological polar surface area (TPSA) is 59.2 Å². The summed E-state index contributed by atoms with van der Waals surface area (Å²) >= 11 is 0. The summed E-state index contributed by atoms with van der Waals surface area (Å²) in [5.41, 5.74) is 8.41. The Hall–Kier alpha value is -4.70. The predicted molar refractivity (Wildman–Crippen MR) is 144 cm³/mol. The molecule has 0 radical (unpaired) electrons. The number of rotatable bonds is 5. The number of phenols is 1. The van der Waals surface area contributed by atoms with Gasteiger partial charge in [0, 0.05) is 23.2 Å². The summed E-state index contributed by atoms with van der Waals surface area (Å²) in [5.74, 6) is 0.671. The average molecular weight is 469 g/mol. The molecule has 1 unspecified atom stereocenters. The molecule has 0 saturated heterocycles. The normalized spacial score (nSPS) is 12.0. The van der Waals surface area contributed by atoms with Crippen molar-refractivity contribution in [2.24, 2.45) is 0 Å². The molecule has 36 heavy (non-hydrogen) atoms. The number of para-hydroxylation sites is 1. The molecule has 174 valence electrons. The molecule has 0 aliphatic carbocycles. The highest BCUT2D eigenvalue weighted by Crippen LogP contribution is 2.41. The molecule has 0 aliphatic rings. The van der Waals surface area contributed by atoms with E-state index in [-0.39, 0.29) is 11.7 Å². The average Bonchev–Trinajstić information content (AvgIpc) is 3.37. The molecule has 1 N–H and O–H groups in total. The van der Waals surface area contributed by atoms with E-state index in [1.54, 1.807) is 12.1 Å². The Morgan fingerprint density at radius 2 is 1.53 bits per heavy atom. The molecular formula is C32H24N2O2. The van der Waals surface area contributed by atoms with Crippen LogP contribution in [-0.2, 0) is 0 Å². The molecule has 0 amide bonds. The van der Waals surface area contributed by atoms with Crippen LogP contribution in [0.25, 0.3) is 44.9 Å². The third-order valence-corrected chi connectivity index (χ3v) is 6.61. The Morgan fingerprint density at radius 1 is 0.750 bits per heavy atom. The first-order chi connectivity index (χ1) is 17.7. The molecule has 0 aliphatic heterocycles. The number of benzene rings is 4. The molecule has 4 aromatic carbocycles. The van der Waals surface area contributed by atoms with Gasteiger partial charge in [-0.15, -0.1) is 0 Å². The lowest BCUT2D eigenvalue weighted by atomic mass is 9.86. The third kappa shape index (κ3) is 3.93. The second-order valence-electron chi connectivity index (χ2n) is 8.84. The van der Waals surface area contributed by atoms with E-state index in [1.807, 2.05) is 48.7 Å². The van der Waals surface area contributed by atoms with Gasteiger partial charge in [0.05, 0.1) is 11.3 Å². The number of hydrogen-bond acceptors (Lipinski definition) is 4. The van der Waals surface area contributed by atoms with E-state index in [0.29, 0.717) is 17.0 Å². The van der Waals surface area contributed by atoms with Gasteiger partial charge in [-0.3, -0.25) is 4.98 Å². The quantitative estimate of drug-likeness (QED) is 0.278. The van der Waals surface area contributed by atoms with E-state index in [1.165, 1.54) is 5.56 Å². The number of phenolic OH excluding ortho intramolecular Hbond substituents is 1. The molecule has 0 spiro atoms. The number of oxazole rings is 1. The minimum absolute atomic E-state index is 0.134. The maximum atomic E-state index is 10.4. The van der Waals surface area contributed by atoms with Gasteiger partial charge in [-0.2, -0.15) is 0 Å². The SMILES string of the molecule is CC(c1ccccc1)c1ccc2oc(-c3ccccc3O)nc2c1-c1cccc(-c2ccccn2)c1. The second-order valence-corrected chi connectivity index (χ2v) is 8.84. The first-order valence-corrected chi connectivity index (χ1v) is 12.0. The summed E-state index contributed by atoms with van der Waals surface area (Å²) in [6.07, 6.45) is 1.81. The molecule has 0 saturated carbocycles. The molecule has 1 atom stereocenters. The van der Waals surface area contributed by atoms with E-state index in [4.69, 9.17) is 9.40 Å². The summed E-state index contributed by atoms with van der Waals surface area (Å²) < 4.78 is 6.17. The highest BCUT2D eigenvalue weighted by atomic mass is 16.3. The maximum Gasteiger partial charge on any atom is 0.231 e.